The highest BCUT2D eigenvalue weighted by Gasteiger charge is 2.41. The minimum absolute atomic E-state index is 0.146. The van der Waals surface area contributed by atoms with Crippen molar-refractivity contribution < 1.29 is 23.7 Å². The van der Waals surface area contributed by atoms with Gasteiger partial charge in [0.05, 0.1) is 18.4 Å². The van der Waals surface area contributed by atoms with E-state index in [2.05, 4.69) is 15.5 Å². The molecule has 2 aromatic rings. The molecule has 0 amide bonds. The number of methoxy groups -OCH3 is 1. The van der Waals surface area contributed by atoms with E-state index < -0.39 is 0 Å². The number of aromatic amines is 1. The standard InChI is InChI=1S/C17H15N3O5/c1-7-12-13(8-3-10(22-2)15-11(4-8)24-6-25-15)14-9(5-23-17(14)21)18-16(12)20-19-7/h3-4,13H,5-6H2,1-2H3,(H2,18,19,20)/t13-/m0/s1. The second-order valence-corrected chi connectivity index (χ2v) is 6.09. The molecule has 1 aromatic heterocycles. The number of hydrogen-bond acceptors (Lipinski definition) is 7. The fraction of sp³-hybridized carbons (Fsp3) is 0.294. The maximum Gasteiger partial charge on any atom is 0.337 e. The van der Waals surface area contributed by atoms with Crippen LogP contribution in [0.4, 0.5) is 5.82 Å². The number of nitrogens with one attached hydrogen (secondary N) is 2. The van der Waals surface area contributed by atoms with E-state index in [0.717, 1.165) is 22.5 Å². The molecule has 3 aliphatic heterocycles. The third-order valence-corrected chi connectivity index (χ3v) is 4.75. The second kappa shape index (κ2) is 4.92. The zero-order valence-electron chi connectivity index (χ0n) is 13.6. The summed E-state index contributed by atoms with van der Waals surface area (Å²) in [5.41, 5.74) is 4.00. The maximum atomic E-state index is 12.4. The summed E-state index contributed by atoms with van der Waals surface area (Å²) >= 11 is 0. The molecule has 8 nitrogen and oxygen atoms in total. The number of hydrogen-bond donors (Lipinski definition) is 2. The van der Waals surface area contributed by atoms with E-state index >= 15 is 0 Å². The van der Waals surface area contributed by atoms with Crippen LogP contribution >= 0.6 is 0 Å². The van der Waals surface area contributed by atoms with Gasteiger partial charge in [-0.05, 0) is 24.6 Å². The number of cyclic esters (lactones) is 1. The van der Waals surface area contributed by atoms with Crippen molar-refractivity contribution in [3.05, 3.63) is 40.2 Å². The van der Waals surface area contributed by atoms with E-state index in [1.165, 1.54) is 0 Å². The number of anilines is 1. The number of aromatic nitrogens is 2. The Labute approximate surface area is 142 Å². The van der Waals surface area contributed by atoms with Gasteiger partial charge < -0.3 is 24.3 Å². The Bertz CT molecular complexity index is 946. The molecule has 0 radical (unpaired) electrons. The predicted octanol–water partition coefficient (Wildman–Crippen LogP) is 1.82. The van der Waals surface area contributed by atoms with E-state index in [4.69, 9.17) is 18.9 Å². The number of H-pyrrole nitrogens is 1. The number of rotatable bonds is 2. The number of carbonyl (C=O) groups is 1. The first-order chi connectivity index (χ1) is 12.2. The Kier molecular flexibility index (Phi) is 2.79. The summed E-state index contributed by atoms with van der Waals surface area (Å²) < 4.78 is 21.7. The zero-order chi connectivity index (χ0) is 17.1. The number of carbonyl (C=O) groups excluding carboxylic acids is 1. The van der Waals surface area contributed by atoms with E-state index in [0.29, 0.717) is 28.6 Å². The average molecular weight is 341 g/mol. The molecule has 25 heavy (non-hydrogen) atoms. The third kappa shape index (κ3) is 1.87. The molecule has 1 aromatic carbocycles. The highest BCUT2D eigenvalue weighted by Crippen LogP contribution is 2.49. The lowest BCUT2D eigenvalue weighted by atomic mass is 9.82. The molecule has 0 aliphatic carbocycles. The van der Waals surface area contributed by atoms with Crippen molar-refractivity contribution in [1.82, 2.24) is 10.2 Å². The summed E-state index contributed by atoms with van der Waals surface area (Å²) in [7, 11) is 1.58. The van der Waals surface area contributed by atoms with Gasteiger partial charge in [0.15, 0.2) is 17.3 Å². The van der Waals surface area contributed by atoms with Crippen LogP contribution in [0.15, 0.2) is 23.4 Å². The summed E-state index contributed by atoms with van der Waals surface area (Å²) in [6.45, 7) is 2.29. The Morgan fingerprint density at radius 3 is 3.00 bits per heavy atom. The highest BCUT2D eigenvalue weighted by atomic mass is 16.7. The molecule has 0 unspecified atom stereocenters. The quantitative estimate of drug-likeness (QED) is 0.805. The van der Waals surface area contributed by atoms with E-state index in [9.17, 15) is 4.79 Å². The van der Waals surface area contributed by atoms with Crippen LogP contribution in [0.25, 0.3) is 0 Å². The van der Waals surface area contributed by atoms with Crippen molar-refractivity contribution in [3.63, 3.8) is 0 Å². The molecule has 128 valence electrons. The van der Waals surface area contributed by atoms with Crippen molar-refractivity contribution >= 4 is 11.8 Å². The van der Waals surface area contributed by atoms with Crippen LogP contribution in [-0.2, 0) is 9.53 Å². The van der Waals surface area contributed by atoms with E-state index in [1.807, 2.05) is 19.1 Å². The molecule has 4 heterocycles. The Hall–Kier alpha value is -3.16. The van der Waals surface area contributed by atoms with Crippen molar-refractivity contribution in [3.8, 4) is 17.2 Å². The first-order valence-corrected chi connectivity index (χ1v) is 7.87. The predicted molar refractivity (Wildman–Crippen MR) is 85.9 cm³/mol. The smallest absolute Gasteiger partial charge is 0.337 e. The fourth-order valence-electron chi connectivity index (χ4n) is 3.64. The van der Waals surface area contributed by atoms with Crippen LogP contribution < -0.4 is 19.5 Å². The van der Waals surface area contributed by atoms with Gasteiger partial charge in [0, 0.05) is 17.2 Å². The average Bonchev–Trinajstić information content (AvgIpc) is 3.32. The molecule has 1 atom stereocenters. The van der Waals surface area contributed by atoms with Crippen LogP contribution in [0, 0.1) is 6.92 Å². The summed E-state index contributed by atoms with van der Waals surface area (Å²) in [4.78, 5) is 12.4. The van der Waals surface area contributed by atoms with E-state index in [1.54, 1.807) is 7.11 Å². The van der Waals surface area contributed by atoms with Crippen molar-refractivity contribution in [2.75, 3.05) is 25.8 Å². The molecule has 3 aliphatic rings. The summed E-state index contributed by atoms with van der Waals surface area (Å²) in [6, 6.07) is 3.75. The zero-order valence-corrected chi connectivity index (χ0v) is 13.6. The Morgan fingerprint density at radius 2 is 2.16 bits per heavy atom. The second-order valence-electron chi connectivity index (χ2n) is 6.09. The topological polar surface area (TPSA) is 94.7 Å². The molecule has 8 heteroatoms. The number of ether oxygens (including phenoxy) is 4. The largest absolute Gasteiger partial charge is 0.493 e. The number of nitrogens with zero attached hydrogens (tertiary/aromatic N) is 1. The monoisotopic (exact) mass is 341 g/mol. The fourth-order valence-corrected chi connectivity index (χ4v) is 3.64. The molecule has 0 saturated heterocycles. The number of fused-ring (bicyclic) bond motifs is 2. The van der Waals surface area contributed by atoms with E-state index in [-0.39, 0.29) is 25.3 Å². The SMILES string of the molecule is COc1cc([C@@H]2C3=C(COC3=O)Nc3n[nH]c(C)c32)cc2c1OCO2. The highest BCUT2D eigenvalue weighted by molar-refractivity contribution is 5.97. The van der Waals surface area contributed by atoms with Gasteiger partial charge in [-0.2, -0.15) is 5.10 Å². The van der Waals surface area contributed by atoms with Crippen LogP contribution in [0.2, 0.25) is 0 Å². The Morgan fingerprint density at radius 1 is 1.28 bits per heavy atom. The third-order valence-electron chi connectivity index (χ3n) is 4.75. The normalized spacial score (nSPS) is 20.1. The maximum absolute atomic E-state index is 12.4. The number of benzene rings is 1. The lowest BCUT2D eigenvalue weighted by molar-refractivity contribution is -0.136. The molecule has 2 N–H and O–H groups in total. The molecular weight excluding hydrogens is 326 g/mol. The van der Waals surface area contributed by atoms with Gasteiger partial charge in [-0.1, -0.05) is 0 Å². The van der Waals surface area contributed by atoms with Crippen LogP contribution in [0.5, 0.6) is 17.2 Å². The summed E-state index contributed by atoms with van der Waals surface area (Å²) in [6.07, 6.45) is 0. The molecule has 0 saturated carbocycles. The van der Waals surface area contributed by atoms with Gasteiger partial charge in [-0.3, -0.25) is 5.10 Å². The van der Waals surface area contributed by atoms with Crippen LogP contribution in [-0.4, -0.2) is 36.7 Å². The molecule has 0 bridgehead atoms. The van der Waals surface area contributed by atoms with Crippen molar-refractivity contribution in [2.24, 2.45) is 0 Å². The first-order valence-electron chi connectivity index (χ1n) is 7.87. The number of esters is 1. The molecule has 0 fully saturated rings. The van der Waals surface area contributed by atoms with Crippen LogP contribution in [0.3, 0.4) is 0 Å². The minimum atomic E-state index is -0.324. The number of aryl methyl sites for hydroxylation is 1. The molecular formula is C17H15N3O5. The van der Waals surface area contributed by atoms with Gasteiger partial charge in [0.2, 0.25) is 12.5 Å². The van der Waals surface area contributed by atoms with Gasteiger partial charge in [-0.25, -0.2) is 4.79 Å². The molecule has 0 spiro atoms. The first kappa shape index (κ1) is 14.2. The lowest BCUT2D eigenvalue weighted by Crippen LogP contribution is -2.20. The van der Waals surface area contributed by atoms with Gasteiger partial charge in [0.1, 0.15) is 6.61 Å². The lowest BCUT2D eigenvalue weighted by Gasteiger charge is -2.24. The summed E-state index contributed by atoms with van der Waals surface area (Å²) in [5.74, 6) is 1.81. The van der Waals surface area contributed by atoms with Gasteiger partial charge >= 0.3 is 5.97 Å². The van der Waals surface area contributed by atoms with Gasteiger partial charge in [-0.15, -0.1) is 0 Å². The summed E-state index contributed by atoms with van der Waals surface area (Å²) in [5, 5.41) is 10.5. The Balaban J connectivity index is 1.75. The van der Waals surface area contributed by atoms with Crippen molar-refractivity contribution in [2.45, 2.75) is 12.8 Å². The molecule has 5 rings (SSSR count). The van der Waals surface area contributed by atoms with Crippen LogP contribution in [0.1, 0.15) is 22.7 Å². The van der Waals surface area contributed by atoms with Crippen molar-refractivity contribution in [1.29, 1.82) is 0 Å². The minimum Gasteiger partial charge on any atom is -0.493 e. The van der Waals surface area contributed by atoms with Gasteiger partial charge in [0.25, 0.3) is 0 Å².